The minimum atomic E-state index is -0.0646. The van der Waals surface area contributed by atoms with Crippen molar-refractivity contribution in [3.05, 3.63) is 41.7 Å². The highest BCUT2D eigenvalue weighted by atomic mass is 16.5. The lowest BCUT2D eigenvalue weighted by atomic mass is 10.1. The number of aromatic nitrogens is 3. The predicted octanol–water partition coefficient (Wildman–Crippen LogP) is 2.41. The lowest BCUT2D eigenvalue weighted by molar-refractivity contribution is 0.100. The molecule has 1 atom stereocenters. The van der Waals surface area contributed by atoms with Gasteiger partial charge < -0.3 is 9.47 Å². The lowest BCUT2D eigenvalue weighted by Gasteiger charge is -2.12. The Bertz CT molecular complexity index is 606. The number of benzene rings is 1. The van der Waals surface area contributed by atoms with E-state index in [1.807, 2.05) is 30.3 Å². The van der Waals surface area contributed by atoms with E-state index in [1.54, 1.807) is 4.68 Å². The van der Waals surface area contributed by atoms with E-state index in [-0.39, 0.29) is 6.10 Å². The highest BCUT2D eigenvalue weighted by Gasteiger charge is 2.26. The van der Waals surface area contributed by atoms with E-state index in [9.17, 15) is 4.79 Å². The molecule has 1 aromatic carbocycles. The maximum atomic E-state index is 11.1. The maximum absolute atomic E-state index is 11.1. The fraction of sp³-hybridized carbons (Fsp3) is 0.438. The smallest absolute Gasteiger partial charge is 0.172 e. The number of aldehydes is 1. The topological polar surface area (TPSA) is 66.2 Å². The summed E-state index contributed by atoms with van der Waals surface area (Å²) in [5.41, 5.74) is 1.18. The largest absolute Gasteiger partial charge is 0.494 e. The Balaban J connectivity index is 1.58. The van der Waals surface area contributed by atoms with Crippen molar-refractivity contribution in [2.75, 3.05) is 13.2 Å². The van der Waals surface area contributed by atoms with Crippen LogP contribution in [0.5, 0.6) is 5.75 Å². The first kappa shape index (κ1) is 14.7. The van der Waals surface area contributed by atoms with E-state index in [0.717, 1.165) is 43.6 Å². The molecule has 0 radical (unpaired) electrons. The van der Waals surface area contributed by atoms with Crippen LogP contribution in [0.4, 0.5) is 0 Å². The molecule has 6 nitrogen and oxygen atoms in total. The van der Waals surface area contributed by atoms with Gasteiger partial charge in [-0.1, -0.05) is 23.4 Å². The number of rotatable bonds is 7. The van der Waals surface area contributed by atoms with Crippen molar-refractivity contribution in [1.29, 1.82) is 0 Å². The minimum Gasteiger partial charge on any atom is -0.494 e. The molecule has 1 unspecified atom stereocenters. The molecule has 116 valence electrons. The molecule has 1 aliphatic heterocycles. The van der Waals surface area contributed by atoms with Crippen molar-refractivity contribution >= 4 is 6.29 Å². The monoisotopic (exact) mass is 301 g/mol. The third-order valence-electron chi connectivity index (χ3n) is 3.67. The fourth-order valence-corrected chi connectivity index (χ4v) is 2.63. The third kappa shape index (κ3) is 3.33. The van der Waals surface area contributed by atoms with Gasteiger partial charge in [-0.3, -0.25) is 4.79 Å². The molecule has 1 aromatic heterocycles. The summed E-state index contributed by atoms with van der Waals surface area (Å²) in [6, 6.07) is 9.70. The van der Waals surface area contributed by atoms with Crippen LogP contribution in [-0.2, 0) is 11.3 Å². The van der Waals surface area contributed by atoms with Crippen LogP contribution >= 0.6 is 0 Å². The van der Waals surface area contributed by atoms with Crippen LogP contribution in [0.2, 0.25) is 0 Å². The van der Waals surface area contributed by atoms with Crippen LogP contribution in [0.1, 0.15) is 41.5 Å². The summed E-state index contributed by atoms with van der Waals surface area (Å²) in [6.45, 7) is 1.97. The first-order valence-electron chi connectivity index (χ1n) is 7.56. The first-order valence-corrected chi connectivity index (χ1v) is 7.56. The number of carbonyl (C=O) groups is 1. The normalized spacial score (nSPS) is 17.5. The van der Waals surface area contributed by atoms with Gasteiger partial charge in [0.15, 0.2) is 12.0 Å². The Kier molecular flexibility index (Phi) is 4.80. The van der Waals surface area contributed by atoms with E-state index in [4.69, 9.17) is 9.47 Å². The second kappa shape index (κ2) is 7.17. The molecule has 6 heteroatoms. The average molecular weight is 301 g/mol. The van der Waals surface area contributed by atoms with Gasteiger partial charge in [0.1, 0.15) is 11.9 Å². The van der Waals surface area contributed by atoms with Gasteiger partial charge in [0.25, 0.3) is 0 Å². The van der Waals surface area contributed by atoms with Crippen molar-refractivity contribution in [3.63, 3.8) is 0 Å². The molecule has 2 aromatic rings. The number of para-hydroxylation sites is 1. The summed E-state index contributed by atoms with van der Waals surface area (Å²) in [7, 11) is 0. The van der Waals surface area contributed by atoms with E-state index in [1.165, 1.54) is 0 Å². The Morgan fingerprint density at radius 3 is 2.95 bits per heavy atom. The summed E-state index contributed by atoms with van der Waals surface area (Å²) in [5, 5.41) is 8.02. The van der Waals surface area contributed by atoms with Crippen molar-refractivity contribution in [3.8, 4) is 5.75 Å². The van der Waals surface area contributed by atoms with Gasteiger partial charge in [-0.25, -0.2) is 4.68 Å². The van der Waals surface area contributed by atoms with E-state index in [0.29, 0.717) is 18.8 Å². The van der Waals surface area contributed by atoms with Gasteiger partial charge >= 0.3 is 0 Å². The zero-order chi connectivity index (χ0) is 15.2. The van der Waals surface area contributed by atoms with Gasteiger partial charge in [-0.2, -0.15) is 0 Å². The molecule has 0 bridgehead atoms. The summed E-state index contributed by atoms with van der Waals surface area (Å²) in [4.78, 5) is 11.1. The number of hydrogen-bond donors (Lipinski definition) is 0. The SMILES string of the molecule is O=Cc1nnn(CCCOc2ccccc2)c1C1CCCO1. The second-order valence-corrected chi connectivity index (χ2v) is 5.22. The Morgan fingerprint density at radius 1 is 1.36 bits per heavy atom. The number of ether oxygens (including phenoxy) is 2. The van der Waals surface area contributed by atoms with Crippen molar-refractivity contribution in [2.45, 2.75) is 31.9 Å². The van der Waals surface area contributed by atoms with Crippen LogP contribution in [-0.4, -0.2) is 34.5 Å². The maximum Gasteiger partial charge on any atom is 0.172 e. The molecular formula is C16H19N3O3. The molecule has 1 aliphatic rings. The van der Waals surface area contributed by atoms with E-state index in [2.05, 4.69) is 10.3 Å². The van der Waals surface area contributed by atoms with Crippen molar-refractivity contribution < 1.29 is 14.3 Å². The zero-order valence-corrected chi connectivity index (χ0v) is 12.4. The van der Waals surface area contributed by atoms with Gasteiger partial charge in [-0.05, 0) is 25.0 Å². The molecule has 22 heavy (non-hydrogen) atoms. The second-order valence-electron chi connectivity index (χ2n) is 5.22. The molecule has 1 saturated heterocycles. The van der Waals surface area contributed by atoms with Crippen molar-refractivity contribution in [2.24, 2.45) is 0 Å². The summed E-state index contributed by atoms with van der Waals surface area (Å²) in [5.74, 6) is 0.856. The Morgan fingerprint density at radius 2 is 2.23 bits per heavy atom. The summed E-state index contributed by atoms with van der Waals surface area (Å²) >= 11 is 0. The molecule has 0 saturated carbocycles. The van der Waals surface area contributed by atoms with Crippen LogP contribution < -0.4 is 4.74 Å². The number of nitrogens with zero attached hydrogens (tertiary/aromatic N) is 3. The number of hydrogen-bond acceptors (Lipinski definition) is 5. The fourth-order valence-electron chi connectivity index (χ4n) is 2.63. The summed E-state index contributed by atoms with van der Waals surface area (Å²) in [6.07, 6.45) is 3.39. The molecular weight excluding hydrogens is 282 g/mol. The van der Waals surface area contributed by atoms with Crippen LogP contribution in [0.15, 0.2) is 30.3 Å². The third-order valence-corrected chi connectivity index (χ3v) is 3.67. The average Bonchev–Trinajstić information content (AvgIpc) is 3.21. The molecule has 3 rings (SSSR count). The predicted molar refractivity (Wildman–Crippen MR) is 79.9 cm³/mol. The number of aryl methyl sites for hydroxylation is 1. The van der Waals surface area contributed by atoms with Gasteiger partial charge in [0.05, 0.1) is 12.3 Å². The molecule has 0 aliphatic carbocycles. The van der Waals surface area contributed by atoms with Gasteiger partial charge in [0, 0.05) is 19.6 Å². The quantitative estimate of drug-likeness (QED) is 0.580. The molecule has 0 amide bonds. The summed E-state index contributed by atoms with van der Waals surface area (Å²) < 4.78 is 13.1. The van der Waals surface area contributed by atoms with Crippen LogP contribution in [0, 0.1) is 0 Å². The zero-order valence-electron chi connectivity index (χ0n) is 12.4. The first-order chi connectivity index (χ1) is 10.9. The molecule has 0 N–H and O–H groups in total. The molecule has 0 spiro atoms. The van der Waals surface area contributed by atoms with Gasteiger partial charge in [-0.15, -0.1) is 5.10 Å². The van der Waals surface area contributed by atoms with Crippen molar-refractivity contribution in [1.82, 2.24) is 15.0 Å². The molecule has 2 heterocycles. The lowest BCUT2D eigenvalue weighted by Crippen LogP contribution is -2.12. The highest BCUT2D eigenvalue weighted by Crippen LogP contribution is 2.29. The van der Waals surface area contributed by atoms with E-state index >= 15 is 0 Å². The van der Waals surface area contributed by atoms with Gasteiger partial charge in [0.2, 0.25) is 0 Å². The highest BCUT2D eigenvalue weighted by molar-refractivity contribution is 5.73. The standard InChI is InChI=1S/C16H19N3O3/c20-12-14-16(15-8-4-10-22-15)19(18-17-14)9-5-11-21-13-6-2-1-3-7-13/h1-3,6-7,12,15H,4-5,8-11H2. The van der Waals surface area contributed by atoms with Crippen LogP contribution in [0.3, 0.4) is 0 Å². The molecule has 1 fully saturated rings. The van der Waals surface area contributed by atoms with E-state index < -0.39 is 0 Å². The Hall–Kier alpha value is -2.21. The van der Waals surface area contributed by atoms with Crippen LogP contribution in [0.25, 0.3) is 0 Å². The number of carbonyl (C=O) groups excluding carboxylic acids is 1. The minimum absolute atomic E-state index is 0.0646. The Labute approximate surface area is 129 Å².